The summed E-state index contributed by atoms with van der Waals surface area (Å²) in [7, 11) is 2.23. The summed E-state index contributed by atoms with van der Waals surface area (Å²) in [5, 5.41) is 3.78. The minimum absolute atomic E-state index is 0.261. The Labute approximate surface area is 139 Å². The van der Waals surface area contributed by atoms with Crippen molar-refractivity contribution >= 4 is 0 Å². The van der Waals surface area contributed by atoms with Gasteiger partial charge in [-0.2, -0.15) is 0 Å². The van der Waals surface area contributed by atoms with E-state index in [0.29, 0.717) is 6.04 Å². The van der Waals surface area contributed by atoms with Gasteiger partial charge in [0.15, 0.2) is 0 Å². The van der Waals surface area contributed by atoms with Crippen molar-refractivity contribution in [3.8, 4) is 0 Å². The third kappa shape index (κ3) is 4.01. The molecule has 1 N–H and O–H groups in total. The van der Waals surface area contributed by atoms with Crippen molar-refractivity contribution in [2.75, 3.05) is 26.7 Å². The molecule has 0 aliphatic carbocycles. The third-order valence-corrected chi connectivity index (χ3v) is 5.16. The zero-order valence-electron chi connectivity index (χ0n) is 14.3. The van der Waals surface area contributed by atoms with Crippen molar-refractivity contribution < 1.29 is 0 Å². The maximum absolute atomic E-state index is 4.12. The lowest BCUT2D eigenvalue weighted by Gasteiger charge is -2.42. The quantitative estimate of drug-likeness (QED) is 0.890. The molecule has 1 aromatic heterocycles. The van der Waals surface area contributed by atoms with Crippen molar-refractivity contribution in [1.82, 2.24) is 19.8 Å². The zero-order valence-corrected chi connectivity index (χ0v) is 14.3. The van der Waals surface area contributed by atoms with E-state index in [1.165, 1.54) is 31.5 Å². The molecule has 0 amide bonds. The first-order valence-electron chi connectivity index (χ1n) is 8.61. The van der Waals surface area contributed by atoms with Crippen LogP contribution in [0.3, 0.4) is 0 Å². The Balaban J connectivity index is 1.67. The summed E-state index contributed by atoms with van der Waals surface area (Å²) in [6, 6.07) is 11.5. The number of piperidine rings is 1. The molecule has 1 aromatic carbocycles. The van der Waals surface area contributed by atoms with E-state index < -0.39 is 0 Å². The number of nitrogens with one attached hydrogen (secondary N) is 1. The predicted molar refractivity (Wildman–Crippen MR) is 94.5 cm³/mol. The van der Waals surface area contributed by atoms with Gasteiger partial charge in [-0.25, -0.2) is 4.98 Å². The number of hydrogen-bond acceptors (Lipinski definition) is 3. The number of hydrogen-bond donors (Lipinski definition) is 1. The molecule has 23 heavy (non-hydrogen) atoms. The first-order valence-corrected chi connectivity index (χ1v) is 8.61. The topological polar surface area (TPSA) is 33.1 Å². The van der Waals surface area contributed by atoms with Crippen molar-refractivity contribution in [3.63, 3.8) is 0 Å². The molecular weight excluding hydrogens is 284 g/mol. The molecule has 3 rings (SSSR count). The lowest BCUT2D eigenvalue weighted by atomic mass is 9.72. The summed E-state index contributed by atoms with van der Waals surface area (Å²) < 4.78 is 2.14. The van der Waals surface area contributed by atoms with Gasteiger partial charge < -0.3 is 14.8 Å². The van der Waals surface area contributed by atoms with E-state index in [2.05, 4.69) is 64.1 Å². The Bertz CT molecular complexity index is 571. The molecule has 0 radical (unpaired) electrons. The van der Waals surface area contributed by atoms with Gasteiger partial charge in [-0.15, -0.1) is 0 Å². The second-order valence-corrected chi connectivity index (χ2v) is 6.99. The molecule has 1 aliphatic rings. The minimum atomic E-state index is 0.261. The molecule has 124 valence electrons. The van der Waals surface area contributed by atoms with E-state index in [1.807, 2.05) is 18.7 Å². The van der Waals surface area contributed by atoms with E-state index in [4.69, 9.17) is 0 Å². The Morgan fingerprint density at radius 1 is 1.22 bits per heavy atom. The normalized spacial score (nSPS) is 19.6. The summed E-state index contributed by atoms with van der Waals surface area (Å²) in [4.78, 5) is 6.57. The van der Waals surface area contributed by atoms with Gasteiger partial charge in [-0.05, 0) is 45.5 Å². The fourth-order valence-electron chi connectivity index (χ4n) is 3.55. The fourth-order valence-corrected chi connectivity index (χ4v) is 3.55. The molecule has 0 spiro atoms. The first kappa shape index (κ1) is 16.2. The molecule has 1 unspecified atom stereocenters. The maximum atomic E-state index is 4.12. The summed E-state index contributed by atoms with van der Waals surface area (Å²) in [6.45, 7) is 6.61. The summed E-state index contributed by atoms with van der Waals surface area (Å²) in [6.07, 6.45) is 8.20. The van der Waals surface area contributed by atoms with E-state index in [-0.39, 0.29) is 5.41 Å². The second-order valence-electron chi connectivity index (χ2n) is 6.99. The highest BCUT2D eigenvalue weighted by Gasteiger charge is 2.35. The van der Waals surface area contributed by atoms with Crippen molar-refractivity contribution in [1.29, 1.82) is 0 Å². The molecular formula is C19H28N4. The van der Waals surface area contributed by atoms with Crippen molar-refractivity contribution in [2.45, 2.75) is 37.8 Å². The van der Waals surface area contributed by atoms with Crippen molar-refractivity contribution in [3.05, 3.63) is 54.6 Å². The van der Waals surface area contributed by atoms with E-state index in [0.717, 1.165) is 13.1 Å². The molecule has 4 nitrogen and oxygen atoms in total. The molecule has 1 atom stereocenters. The van der Waals surface area contributed by atoms with Crippen LogP contribution in [0.25, 0.3) is 0 Å². The molecule has 0 bridgehead atoms. The van der Waals surface area contributed by atoms with Crippen LogP contribution in [-0.4, -0.2) is 47.2 Å². The number of likely N-dealkylation sites (tertiary alicyclic amines) is 1. The first-order chi connectivity index (χ1) is 11.2. The van der Waals surface area contributed by atoms with Gasteiger partial charge in [0.1, 0.15) is 0 Å². The van der Waals surface area contributed by atoms with Gasteiger partial charge in [0, 0.05) is 36.9 Å². The van der Waals surface area contributed by atoms with Gasteiger partial charge in [-0.3, -0.25) is 0 Å². The average Bonchev–Trinajstić information content (AvgIpc) is 3.08. The number of nitrogens with zero attached hydrogens (tertiary/aromatic N) is 3. The van der Waals surface area contributed by atoms with Crippen LogP contribution in [0.2, 0.25) is 0 Å². The molecule has 1 aliphatic heterocycles. The average molecular weight is 312 g/mol. The van der Waals surface area contributed by atoms with Gasteiger partial charge in [0.2, 0.25) is 0 Å². The van der Waals surface area contributed by atoms with Gasteiger partial charge >= 0.3 is 0 Å². The van der Waals surface area contributed by atoms with E-state index in [1.54, 1.807) is 0 Å². The van der Waals surface area contributed by atoms with Crippen LogP contribution in [0.4, 0.5) is 0 Å². The standard InChI is InChI=1S/C19H28N4/c1-17(14-23-13-10-20-16-23)21-15-19(8-11-22(2)12-9-19)18-6-4-3-5-7-18/h3-7,10,13,16-17,21H,8-9,11-12,14-15H2,1-2H3. The van der Waals surface area contributed by atoms with Crippen molar-refractivity contribution in [2.24, 2.45) is 0 Å². The smallest absolute Gasteiger partial charge is 0.0946 e. The molecule has 1 fully saturated rings. The largest absolute Gasteiger partial charge is 0.336 e. The SMILES string of the molecule is CC(Cn1ccnc1)NCC1(c2ccccc2)CCN(C)CC1. The van der Waals surface area contributed by atoms with Gasteiger partial charge in [0.05, 0.1) is 6.33 Å². The molecule has 2 aromatic rings. The van der Waals surface area contributed by atoms with Crippen LogP contribution in [0.1, 0.15) is 25.3 Å². The lowest BCUT2D eigenvalue weighted by molar-refractivity contribution is 0.179. The number of benzene rings is 1. The fraction of sp³-hybridized carbons (Fsp3) is 0.526. The maximum Gasteiger partial charge on any atom is 0.0946 e. The summed E-state index contributed by atoms with van der Waals surface area (Å²) in [5.41, 5.74) is 1.74. The summed E-state index contributed by atoms with van der Waals surface area (Å²) in [5.74, 6) is 0. The van der Waals surface area contributed by atoms with Crippen LogP contribution in [0.15, 0.2) is 49.1 Å². The predicted octanol–water partition coefficient (Wildman–Crippen LogP) is 2.52. The number of imidazole rings is 1. The summed E-state index contributed by atoms with van der Waals surface area (Å²) >= 11 is 0. The Morgan fingerprint density at radius 3 is 2.61 bits per heavy atom. The Morgan fingerprint density at radius 2 is 1.96 bits per heavy atom. The van der Waals surface area contributed by atoms with E-state index >= 15 is 0 Å². The Kier molecular flexibility index (Phi) is 5.13. The Hall–Kier alpha value is -1.65. The highest BCUT2D eigenvalue weighted by atomic mass is 15.1. The van der Waals surface area contributed by atoms with E-state index in [9.17, 15) is 0 Å². The van der Waals surface area contributed by atoms with Crippen LogP contribution in [-0.2, 0) is 12.0 Å². The second kappa shape index (κ2) is 7.28. The molecule has 0 saturated carbocycles. The molecule has 1 saturated heterocycles. The molecule has 2 heterocycles. The third-order valence-electron chi connectivity index (χ3n) is 5.16. The highest BCUT2D eigenvalue weighted by Crippen LogP contribution is 2.34. The van der Waals surface area contributed by atoms with Gasteiger partial charge in [-0.1, -0.05) is 30.3 Å². The minimum Gasteiger partial charge on any atom is -0.336 e. The lowest BCUT2D eigenvalue weighted by Crippen LogP contribution is -2.49. The highest BCUT2D eigenvalue weighted by molar-refractivity contribution is 5.27. The number of rotatable bonds is 6. The van der Waals surface area contributed by atoms with Crippen LogP contribution < -0.4 is 5.32 Å². The van der Waals surface area contributed by atoms with Gasteiger partial charge in [0.25, 0.3) is 0 Å². The van der Waals surface area contributed by atoms with Crippen LogP contribution in [0.5, 0.6) is 0 Å². The zero-order chi connectivity index (χ0) is 16.1. The molecule has 4 heteroatoms. The number of aromatic nitrogens is 2. The van der Waals surface area contributed by atoms with Crippen LogP contribution >= 0.6 is 0 Å². The van der Waals surface area contributed by atoms with Crippen LogP contribution in [0, 0.1) is 0 Å². The monoisotopic (exact) mass is 312 g/mol.